The van der Waals surface area contributed by atoms with Gasteiger partial charge in [-0.05, 0) is 61.2 Å². The van der Waals surface area contributed by atoms with Crippen LogP contribution in [0.2, 0.25) is 0 Å². The highest BCUT2D eigenvalue weighted by molar-refractivity contribution is 5.93. The van der Waals surface area contributed by atoms with E-state index in [1.807, 2.05) is 54.6 Å². The van der Waals surface area contributed by atoms with E-state index in [0.29, 0.717) is 13.2 Å². The van der Waals surface area contributed by atoms with Gasteiger partial charge in [0.25, 0.3) is 0 Å². The van der Waals surface area contributed by atoms with Crippen LogP contribution in [-0.2, 0) is 11.2 Å². The number of unbranched alkanes of at least 4 members (excludes halogenated alkanes) is 4. The Morgan fingerprint density at radius 1 is 0.714 bits per heavy atom. The fourth-order valence-electron chi connectivity index (χ4n) is 3.73. The van der Waals surface area contributed by atoms with Gasteiger partial charge in [0, 0.05) is 17.4 Å². The maximum Gasteiger partial charge on any atom is 0.243 e. The third kappa shape index (κ3) is 10.6. The Hall–Kier alpha value is -3.47. The van der Waals surface area contributed by atoms with Crippen molar-refractivity contribution in [1.82, 2.24) is 0 Å². The molecule has 0 fully saturated rings. The van der Waals surface area contributed by atoms with Crippen LogP contribution < -0.4 is 20.1 Å². The number of hydrogen-bond donors (Lipinski definition) is 2. The van der Waals surface area contributed by atoms with Gasteiger partial charge in [-0.15, -0.1) is 0 Å². The van der Waals surface area contributed by atoms with Crippen LogP contribution in [0.25, 0.3) is 0 Å². The van der Waals surface area contributed by atoms with Crippen LogP contribution >= 0.6 is 0 Å². The smallest absolute Gasteiger partial charge is 0.243 e. The molecule has 0 aliphatic heterocycles. The average molecular weight is 475 g/mol. The predicted molar refractivity (Wildman–Crippen MR) is 145 cm³/mol. The molecule has 0 aliphatic carbocycles. The Morgan fingerprint density at radius 2 is 1.46 bits per heavy atom. The van der Waals surface area contributed by atoms with Crippen molar-refractivity contribution in [3.05, 3.63) is 84.4 Å². The quantitative estimate of drug-likeness (QED) is 0.217. The Bertz CT molecular complexity index is 990. The zero-order chi connectivity index (χ0) is 24.6. The zero-order valence-corrected chi connectivity index (χ0v) is 20.8. The molecule has 5 heteroatoms. The van der Waals surface area contributed by atoms with Gasteiger partial charge < -0.3 is 20.1 Å². The number of carbonyl (C=O) groups excluding carboxylic acids is 1. The van der Waals surface area contributed by atoms with Gasteiger partial charge in [0.2, 0.25) is 5.91 Å². The standard InChI is InChI=1S/C30H38N2O3/c1-2-3-4-5-9-21-35-29-16-10-15-27(23-29)32-30(33)24-31-26-17-19-28(20-18-26)34-22-11-14-25-12-7-6-8-13-25/h6-8,10,12-13,15-20,23,31H,2-5,9,11,14,21-22,24H2,1H3,(H,32,33). The molecule has 0 unspecified atom stereocenters. The van der Waals surface area contributed by atoms with Gasteiger partial charge in [-0.25, -0.2) is 0 Å². The van der Waals surface area contributed by atoms with Crippen LogP contribution in [-0.4, -0.2) is 25.7 Å². The van der Waals surface area contributed by atoms with E-state index < -0.39 is 0 Å². The molecule has 0 aliphatic rings. The molecule has 1 amide bonds. The van der Waals surface area contributed by atoms with Gasteiger partial charge in [-0.1, -0.05) is 69.0 Å². The van der Waals surface area contributed by atoms with Crippen molar-refractivity contribution in [1.29, 1.82) is 0 Å². The first-order valence-corrected chi connectivity index (χ1v) is 12.8. The molecular formula is C30H38N2O3. The minimum Gasteiger partial charge on any atom is -0.494 e. The summed E-state index contributed by atoms with van der Waals surface area (Å²) in [6.07, 6.45) is 8.00. The Morgan fingerprint density at radius 3 is 2.26 bits per heavy atom. The van der Waals surface area contributed by atoms with E-state index in [2.05, 4.69) is 41.8 Å². The third-order valence-corrected chi connectivity index (χ3v) is 5.66. The van der Waals surface area contributed by atoms with E-state index in [9.17, 15) is 4.79 Å². The summed E-state index contributed by atoms with van der Waals surface area (Å²) in [7, 11) is 0. The third-order valence-electron chi connectivity index (χ3n) is 5.66. The van der Waals surface area contributed by atoms with Crippen LogP contribution in [0.5, 0.6) is 11.5 Å². The molecule has 0 saturated heterocycles. The summed E-state index contributed by atoms with van der Waals surface area (Å²) >= 11 is 0. The molecule has 0 radical (unpaired) electrons. The molecule has 186 valence electrons. The number of nitrogens with one attached hydrogen (secondary N) is 2. The average Bonchev–Trinajstić information content (AvgIpc) is 2.89. The van der Waals surface area contributed by atoms with E-state index in [1.165, 1.54) is 31.2 Å². The summed E-state index contributed by atoms with van der Waals surface area (Å²) in [5.74, 6) is 1.50. The molecule has 0 heterocycles. The molecule has 5 nitrogen and oxygen atoms in total. The number of anilines is 2. The Labute approximate surface area is 209 Å². The molecule has 2 N–H and O–H groups in total. The first kappa shape index (κ1) is 26.1. The Balaban J connectivity index is 1.32. The van der Waals surface area contributed by atoms with Gasteiger partial charge in [0.05, 0.1) is 19.8 Å². The summed E-state index contributed by atoms with van der Waals surface area (Å²) in [5, 5.41) is 6.08. The molecular weight excluding hydrogens is 436 g/mol. The second-order valence-corrected chi connectivity index (χ2v) is 8.65. The van der Waals surface area contributed by atoms with Crippen LogP contribution in [0.4, 0.5) is 11.4 Å². The van der Waals surface area contributed by atoms with Gasteiger partial charge in [-0.2, -0.15) is 0 Å². The van der Waals surface area contributed by atoms with Crippen molar-refractivity contribution in [2.24, 2.45) is 0 Å². The minimum absolute atomic E-state index is 0.108. The van der Waals surface area contributed by atoms with Crippen LogP contribution in [0, 0.1) is 0 Å². The van der Waals surface area contributed by atoms with Crippen molar-refractivity contribution in [2.75, 3.05) is 30.4 Å². The van der Waals surface area contributed by atoms with Crippen LogP contribution in [0.15, 0.2) is 78.9 Å². The summed E-state index contributed by atoms with van der Waals surface area (Å²) in [4.78, 5) is 12.4. The van der Waals surface area contributed by atoms with E-state index >= 15 is 0 Å². The van der Waals surface area contributed by atoms with Crippen molar-refractivity contribution in [3.63, 3.8) is 0 Å². The summed E-state index contributed by atoms with van der Waals surface area (Å²) in [5.41, 5.74) is 2.93. The molecule has 0 atom stereocenters. The monoisotopic (exact) mass is 474 g/mol. The highest BCUT2D eigenvalue weighted by Crippen LogP contribution is 2.19. The fraction of sp³-hybridized carbons (Fsp3) is 0.367. The predicted octanol–water partition coefficient (Wildman–Crippen LogP) is 7.10. The molecule has 0 aromatic heterocycles. The normalized spacial score (nSPS) is 10.5. The van der Waals surface area contributed by atoms with Crippen molar-refractivity contribution in [2.45, 2.75) is 51.9 Å². The van der Waals surface area contributed by atoms with Crippen molar-refractivity contribution < 1.29 is 14.3 Å². The number of amides is 1. The second kappa shape index (κ2) is 15.4. The van der Waals surface area contributed by atoms with Gasteiger partial charge in [0.1, 0.15) is 11.5 Å². The number of rotatable bonds is 16. The van der Waals surface area contributed by atoms with Crippen molar-refractivity contribution in [3.8, 4) is 11.5 Å². The molecule has 0 spiro atoms. The molecule has 3 aromatic rings. The van der Waals surface area contributed by atoms with E-state index in [4.69, 9.17) is 9.47 Å². The van der Waals surface area contributed by atoms with E-state index in [1.54, 1.807) is 0 Å². The second-order valence-electron chi connectivity index (χ2n) is 8.65. The zero-order valence-electron chi connectivity index (χ0n) is 20.8. The first-order valence-electron chi connectivity index (χ1n) is 12.8. The topological polar surface area (TPSA) is 59.6 Å². The number of hydrogen-bond acceptors (Lipinski definition) is 4. The lowest BCUT2D eigenvalue weighted by Crippen LogP contribution is -2.21. The Kier molecular flexibility index (Phi) is 11.5. The maximum absolute atomic E-state index is 12.4. The molecule has 3 aromatic carbocycles. The largest absolute Gasteiger partial charge is 0.494 e. The van der Waals surface area contributed by atoms with Crippen molar-refractivity contribution >= 4 is 17.3 Å². The molecule has 3 rings (SSSR count). The molecule has 0 bridgehead atoms. The van der Waals surface area contributed by atoms with Crippen LogP contribution in [0.3, 0.4) is 0 Å². The lowest BCUT2D eigenvalue weighted by molar-refractivity contribution is -0.114. The van der Waals surface area contributed by atoms with Gasteiger partial charge in [0.15, 0.2) is 0 Å². The van der Waals surface area contributed by atoms with Gasteiger partial charge in [-0.3, -0.25) is 4.79 Å². The number of benzene rings is 3. The van der Waals surface area contributed by atoms with Gasteiger partial charge >= 0.3 is 0 Å². The van der Waals surface area contributed by atoms with E-state index in [0.717, 1.165) is 42.1 Å². The number of aryl methyl sites for hydroxylation is 1. The summed E-state index contributed by atoms with van der Waals surface area (Å²) in [6.45, 7) is 3.77. The summed E-state index contributed by atoms with van der Waals surface area (Å²) in [6, 6.07) is 25.7. The molecule has 35 heavy (non-hydrogen) atoms. The number of carbonyl (C=O) groups is 1. The van der Waals surface area contributed by atoms with Crippen LogP contribution in [0.1, 0.15) is 51.0 Å². The number of ether oxygens (including phenoxy) is 2. The van der Waals surface area contributed by atoms with E-state index in [-0.39, 0.29) is 12.5 Å². The highest BCUT2D eigenvalue weighted by Gasteiger charge is 2.04. The maximum atomic E-state index is 12.4. The highest BCUT2D eigenvalue weighted by atomic mass is 16.5. The molecule has 0 saturated carbocycles. The summed E-state index contributed by atoms with van der Waals surface area (Å²) < 4.78 is 11.7. The lowest BCUT2D eigenvalue weighted by Gasteiger charge is -2.11. The first-order chi connectivity index (χ1) is 17.2. The fourth-order valence-corrected chi connectivity index (χ4v) is 3.73. The lowest BCUT2D eigenvalue weighted by atomic mass is 10.1. The SMILES string of the molecule is CCCCCCCOc1cccc(NC(=O)CNc2ccc(OCCCc3ccccc3)cc2)c1. The minimum atomic E-state index is -0.108.